The molecule has 35 heavy (non-hydrogen) atoms. The molecule has 2 amide bonds. The highest BCUT2D eigenvalue weighted by atomic mass is 16.2. The van der Waals surface area contributed by atoms with E-state index in [1.807, 2.05) is 60.3 Å². The molecule has 1 aliphatic rings. The number of nitrogens with zero attached hydrogens (tertiary/aromatic N) is 5. The number of para-hydroxylation sites is 1. The summed E-state index contributed by atoms with van der Waals surface area (Å²) in [4.78, 5) is 21.0. The molecule has 178 valence electrons. The summed E-state index contributed by atoms with van der Waals surface area (Å²) in [6.45, 7) is 5.95. The van der Waals surface area contributed by atoms with Crippen molar-refractivity contribution < 1.29 is 4.79 Å². The molecular weight excluding hydrogens is 436 g/mol. The molecule has 7 nitrogen and oxygen atoms in total. The van der Waals surface area contributed by atoms with Crippen molar-refractivity contribution >= 4 is 23.4 Å². The van der Waals surface area contributed by atoms with E-state index in [-0.39, 0.29) is 6.03 Å². The van der Waals surface area contributed by atoms with Crippen molar-refractivity contribution in [2.45, 2.75) is 26.9 Å². The number of hydrogen-bond acceptors (Lipinski definition) is 4. The van der Waals surface area contributed by atoms with Gasteiger partial charge in [0.2, 0.25) is 0 Å². The van der Waals surface area contributed by atoms with Crippen LogP contribution < -0.4 is 10.2 Å². The van der Waals surface area contributed by atoms with Gasteiger partial charge >= 0.3 is 6.03 Å². The lowest BCUT2D eigenvalue weighted by Crippen LogP contribution is -2.46. The van der Waals surface area contributed by atoms with E-state index in [1.165, 1.54) is 0 Å². The summed E-state index contributed by atoms with van der Waals surface area (Å²) in [5, 5.41) is 8.54. The zero-order valence-corrected chi connectivity index (χ0v) is 20.3. The van der Waals surface area contributed by atoms with Crippen LogP contribution in [0, 0.1) is 5.92 Å². The van der Waals surface area contributed by atoms with Gasteiger partial charge in [-0.05, 0) is 35.7 Å². The van der Waals surface area contributed by atoms with Gasteiger partial charge in [-0.1, -0.05) is 62.4 Å². The highest BCUT2D eigenvalue weighted by Gasteiger charge is 2.34. The third-order valence-electron chi connectivity index (χ3n) is 6.07. The van der Waals surface area contributed by atoms with Gasteiger partial charge in [0.25, 0.3) is 0 Å². The molecule has 5 rings (SSSR count). The normalized spacial score (nSPS) is 13.3. The molecule has 1 N–H and O–H groups in total. The zero-order chi connectivity index (χ0) is 24.4. The molecule has 2 aromatic heterocycles. The quantitative estimate of drug-likeness (QED) is 0.376. The van der Waals surface area contributed by atoms with Gasteiger partial charge in [-0.25, -0.2) is 9.48 Å². The highest BCUT2D eigenvalue weighted by Crippen LogP contribution is 2.35. The average molecular weight is 467 g/mol. The van der Waals surface area contributed by atoms with Gasteiger partial charge in [0.05, 0.1) is 24.3 Å². The molecule has 1 aliphatic heterocycles. The number of benzene rings is 2. The van der Waals surface area contributed by atoms with E-state index >= 15 is 0 Å². The van der Waals surface area contributed by atoms with Crippen LogP contribution in [-0.2, 0) is 13.1 Å². The Hall–Kier alpha value is -4.13. The summed E-state index contributed by atoms with van der Waals surface area (Å²) < 4.78 is 1.98. The lowest BCUT2D eigenvalue weighted by molar-refractivity contribution is 0.209. The summed E-state index contributed by atoms with van der Waals surface area (Å²) in [5.41, 5.74) is 5.16. The van der Waals surface area contributed by atoms with E-state index in [1.54, 1.807) is 16.0 Å². The Morgan fingerprint density at radius 2 is 1.71 bits per heavy atom. The molecule has 2 aromatic carbocycles. The molecule has 0 fully saturated rings. The number of carbonyl (C=O) groups excluding carboxylic acids is 1. The maximum absolute atomic E-state index is 13.0. The lowest BCUT2D eigenvalue weighted by atomic mass is 10.1. The molecule has 7 heteroatoms. The summed E-state index contributed by atoms with van der Waals surface area (Å²) in [6.07, 6.45) is 1.81. The summed E-state index contributed by atoms with van der Waals surface area (Å²) in [6, 6.07) is 24.4. The molecule has 0 radical (unpaired) electrons. The third-order valence-corrected chi connectivity index (χ3v) is 6.07. The number of anilines is 3. The maximum Gasteiger partial charge on any atom is 0.325 e. The van der Waals surface area contributed by atoms with Crippen LogP contribution in [0.3, 0.4) is 0 Å². The molecule has 0 unspecified atom stereocenters. The molecular formula is C28H30N6O. The van der Waals surface area contributed by atoms with E-state index in [0.717, 1.165) is 39.7 Å². The topological polar surface area (TPSA) is 66.3 Å². The second kappa shape index (κ2) is 9.62. The fourth-order valence-electron chi connectivity index (χ4n) is 4.38. The van der Waals surface area contributed by atoms with E-state index in [9.17, 15) is 4.79 Å². The predicted molar refractivity (Wildman–Crippen MR) is 140 cm³/mol. The number of hydrogen-bond donors (Lipinski definition) is 1. The molecule has 4 aromatic rings. The number of urea groups is 1. The number of pyridine rings is 1. The number of nitrogens with one attached hydrogen (secondary N) is 1. The summed E-state index contributed by atoms with van der Waals surface area (Å²) in [7, 11) is 1.85. The second-order valence-electron chi connectivity index (χ2n) is 9.35. The Morgan fingerprint density at radius 1 is 0.971 bits per heavy atom. The Balaban J connectivity index is 1.52. The number of carbonyl (C=O) groups is 1. The van der Waals surface area contributed by atoms with E-state index in [4.69, 9.17) is 5.10 Å². The summed E-state index contributed by atoms with van der Waals surface area (Å²) in [5.74, 6) is 1.98. The largest absolute Gasteiger partial charge is 0.340 e. The minimum atomic E-state index is -0.0122. The monoisotopic (exact) mass is 466 g/mol. The number of amides is 2. The molecule has 3 heterocycles. The van der Waals surface area contributed by atoms with Crippen LogP contribution >= 0.6 is 0 Å². The maximum atomic E-state index is 13.0. The van der Waals surface area contributed by atoms with Crippen LogP contribution in [0.25, 0.3) is 11.3 Å². The number of rotatable bonds is 7. The molecule has 0 atom stereocenters. The first-order chi connectivity index (χ1) is 17.0. The Kier molecular flexibility index (Phi) is 6.23. The van der Waals surface area contributed by atoms with Crippen molar-refractivity contribution in [3.63, 3.8) is 0 Å². The van der Waals surface area contributed by atoms with Crippen molar-refractivity contribution in [2.24, 2.45) is 5.92 Å². The first kappa shape index (κ1) is 22.7. The minimum Gasteiger partial charge on any atom is -0.340 e. The van der Waals surface area contributed by atoms with Gasteiger partial charge in [0, 0.05) is 31.0 Å². The number of aromatic nitrogens is 3. The fourth-order valence-corrected chi connectivity index (χ4v) is 4.38. The molecule has 0 bridgehead atoms. The smallest absolute Gasteiger partial charge is 0.325 e. The van der Waals surface area contributed by atoms with Crippen LogP contribution in [0.2, 0.25) is 0 Å². The van der Waals surface area contributed by atoms with Crippen molar-refractivity contribution in [3.05, 3.63) is 90.1 Å². The molecule has 0 saturated carbocycles. The molecule has 0 aliphatic carbocycles. The standard InChI is InChI=1S/C28H30N6O/c1-20(2)17-33-27-24(19-32(3)28(33)35)26(30-23-9-5-4-6-10-23)34(31-27)18-21-12-14-22(15-13-21)25-11-7-8-16-29-25/h4-16,20,30H,17-19H2,1-3H3. The molecule has 0 spiro atoms. The first-order valence-corrected chi connectivity index (χ1v) is 11.9. The van der Waals surface area contributed by atoms with Crippen LogP contribution in [0.1, 0.15) is 25.0 Å². The van der Waals surface area contributed by atoms with Gasteiger partial charge in [0.1, 0.15) is 5.82 Å². The highest BCUT2D eigenvalue weighted by molar-refractivity contribution is 5.95. The SMILES string of the molecule is CC(C)CN1C(=O)N(C)Cc2c1nn(Cc1ccc(-c3ccccn3)cc1)c2Nc1ccccc1. The Labute approximate surface area is 206 Å². The zero-order valence-electron chi connectivity index (χ0n) is 20.3. The van der Waals surface area contributed by atoms with Gasteiger partial charge in [-0.2, -0.15) is 5.10 Å². The van der Waals surface area contributed by atoms with Crippen molar-refractivity contribution in [1.82, 2.24) is 19.7 Å². The van der Waals surface area contributed by atoms with Gasteiger partial charge < -0.3 is 10.2 Å². The van der Waals surface area contributed by atoms with Gasteiger partial charge in [-0.15, -0.1) is 0 Å². The van der Waals surface area contributed by atoms with Crippen molar-refractivity contribution in [2.75, 3.05) is 23.8 Å². The average Bonchev–Trinajstić information content (AvgIpc) is 3.19. The third kappa shape index (κ3) is 4.75. The van der Waals surface area contributed by atoms with Crippen molar-refractivity contribution in [3.8, 4) is 11.3 Å². The Morgan fingerprint density at radius 3 is 2.40 bits per heavy atom. The van der Waals surface area contributed by atoms with Crippen LogP contribution in [0.4, 0.5) is 22.1 Å². The van der Waals surface area contributed by atoms with E-state index in [2.05, 4.69) is 48.4 Å². The molecule has 0 saturated heterocycles. The van der Waals surface area contributed by atoms with E-state index < -0.39 is 0 Å². The van der Waals surface area contributed by atoms with Crippen LogP contribution in [0.5, 0.6) is 0 Å². The second-order valence-corrected chi connectivity index (χ2v) is 9.35. The van der Waals surface area contributed by atoms with Crippen LogP contribution in [0.15, 0.2) is 79.0 Å². The van der Waals surface area contributed by atoms with E-state index in [0.29, 0.717) is 25.6 Å². The predicted octanol–water partition coefficient (Wildman–Crippen LogP) is 5.76. The number of fused-ring (bicyclic) bond motifs is 1. The van der Waals surface area contributed by atoms with Gasteiger partial charge in [0.15, 0.2) is 5.82 Å². The summed E-state index contributed by atoms with van der Waals surface area (Å²) >= 11 is 0. The fraction of sp³-hybridized carbons (Fsp3) is 0.250. The van der Waals surface area contributed by atoms with Crippen LogP contribution in [-0.4, -0.2) is 39.3 Å². The van der Waals surface area contributed by atoms with Gasteiger partial charge in [-0.3, -0.25) is 9.88 Å². The lowest BCUT2D eigenvalue weighted by Gasteiger charge is -2.33. The Bertz CT molecular complexity index is 1300. The first-order valence-electron chi connectivity index (χ1n) is 11.9. The van der Waals surface area contributed by atoms with Crippen molar-refractivity contribution in [1.29, 1.82) is 0 Å². The minimum absolute atomic E-state index is 0.0122.